The fourth-order valence-corrected chi connectivity index (χ4v) is 5.20. The summed E-state index contributed by atoms with van der Waals surface area (Å²) < 4.78 is 52.6. The number of nitrogens with zero attached hydrogens (tertiary/aromatic N) is 2. The molecule has 0 aliphatic carbocycles. The second-order valence-corrected chi connectivity index (χ2v) is 9.77. The molecule has 1 aromatic carbocycles. The molecule has 3 heterocycles. The Bertz CT molecular complexity index is 1100. The molecule has 2 aliphatic heterocycles. The van der Waals surface area contributed by atoms with Crippen LogP contribution in [-0.4, -0.2) is 41.7 Å². The first-order chi connectivity index (χ1) is 17.0. The number of alkyl halides is 3. The maximum atomic E-state index is 13.7. The Labute approximate surface area is 208 Å². The number of pyridine rings is 1. The van der Waals surface area contributed by atoms with Crippen molar-refractivity contribution in [2.24, 2.45) is 11.8 Å². The lowest BCUT2D eigenvalue weighted by molar-refractivity contribution is -0.148. The van der Waals surface area contributed by atoms with E-state index in [-0.39, 0.29) is 23.1 Å². The molecule has 1 aromatic heterocycles. The molecule has 2 N–H and O–H groups in total. The number of piperidine rings is 1. The number of halogens is 3. The number of ether oxygens (including phenoxy) is 2. The molecule has 2 aromatic rings. The molecule has 2 aliphatic rings. The van der Waals surface area contributed by atoms with Crippen molar-refractivity contribution < 1.29 is 32.3 Å². The summed E-state index contributed by atoms with van der Waals surface area (Å²) in [6.07, 6.45) is -0.902. The molecule has 2 atom stereocenters. The minimum atomic E-state index is -4.49. The molecule has 1 fully saturated rings. The van der Waals surface area contributed by atoms with Crippen LogP contribution in [0.4, 0.5) is 13.2 Å². The van der Waals surface area contributed by atoms with Gasteiger partial charge < -0.3 is 14.3 Å². The van der Waals surface area contributed by atoms with Gasteiger partial charge in [-0.25, -0.2) is 4.98 Å². The lowest BCUT2D eigenvalue weighted by atomic mass is 9.82. The van der Waals surface area contributed by atoms with Crippen molar-refractivity contribution in [2.45, 2.75) is 63.8 Å². The Balaban J connectivity index is 1.46. The number of aryl methyl sites for hydroxylation is 1. The maximum absolute atomic E-state index is 13.7. The minimum Gasteiger partial charge on any atom is -0.487 e. The van der Waals surface area contributed by atoms with Gasteiger partial charge in [0, 0.05) is 25.2 Å². The molecule has 36 heavy (non-hydrogen) atoms. The molecule has 1 saturated heterocycles. The lowest BCUT2D eigenvalue weighted by Crippen LogP contribution is -2.50. The van der Waals surface area contributed by atoms with Crippen LogP contribution in [0.5, 0.6) is 11.6 Å². The highest BCUT2D eigenvalue weighted by atomic mass is 19.4. The van der Waals surface area contributed by atoms with E-state index in [1.807, 2.05) is 23.1 Å². The fourth-order valence-electron chi connectivity index (χ4n) is 5.20. The lowest BCUT2D eigenvalue weighted by Gasteiger charge is -2.46. The number of rotatable bonds is 6. The molecule has 1 spiro atoms. The Morgan fingerprint density at radius 2 is 1.92 bits per heavy atom. The van der Waals surface area contributed by atoms with E-state index in [4.69, 9.17) is 15.4 Å². The Kier molecular flexibility index (Phi) is 7.47. The van der Waals surface area contributed by atoms with E-state index < -0.39 is 23.8 Å². The van der Waals surface area contributed by atoms with E-state index in [1.165, 1.54) is 13.2 Å². The van der Waals surface area contributed by atoms with Crippen LogP contribution in [0, 0.1) is 5.92 Å². The number of benzene rings is 1. The zero-order chi connectivity index (χ0) is 26.1. The molecule has 0 amide bonds. The highest BCUT2D eigenvalue weighted by Gasteiger charge is 2.42. The molecule has 0 saturated carbocycles. The van der Waals surface area contributed by atoms with Crippen LogP contribution in [0.25, 0.3) is 0 Å². The average Bonchev–Trinajstić information content (AvgIpc) is 2.87. The summed E-state index contributed by atoms with van der Waals surface area (Å²) in [4.78, 5) is 22.2. The summed E-state index contributed by atoms with van der Waals surface area (Å²) in [6.45, 7) is 4.69. The number of hydrogen-bond acceptors (Lipinski definition) is 7. The first-order valence-corrected chi connectivity index (χ1v) is 12.1. The summed E-state index contributed by atoms with van der Waals surface area (Å²) >= 11 is 0. The zero-order valence-corrected chi connectivity index (χ0v) is 20.7. The number of aromatic nitrogens is 1. The van der Waals surface area contributed by atoms with Crippen molar-refractivity contribution in [1.29, 1.82) is 0 Å². The van der Waals surface area contributed by atoms with Gasteiger partial charge in [0.15, 0.2) is 0 Å². The second-order valence-electron chi connectivity index (χ2n) is 9.77. The van der Waals surface area contributed by atoms with Gasteiger partial charge in [-0.1, -0.05) is 19.1 Å². The normalized spacial score (nSPS) is 19.2. The minimum absolute atomic E-state index is 0.0255. The van der Waals surface area contributed by atoms with Crippen molar-refractivity contribution in [3.63, 3.8) is 0 Å². The standard InChI is InChI=1S/C26H32F3N3O4/c1-16(24(33)36-30)14-18-4-5-19-8-9-25(35-21(19)15-18)10-12-32(13-11-25)17(2)23-20(26(27,28)29)6-7-22(31-23)34-3/h4-7,15-17H,8-14,30H2,1-3H3. The topological polar surface area (TPSA) is 86.9 Å². The van der Waals surface area contributed by atoms with E-state index in [1.54, 1.807) is 13.8 Å². The van der Waals surface area contributed by atoms with Gasteiger partial charge in [0.05, 0.1) is 24.3 Å². The van der Waals surface area contributed by atoms with Gasteiger partial charge in [-0.2, -0.15) is 19.1 Å². The zero-order valence-electron chi connectivity index (χ0n) is 20.7. The third-order valence-electron chi connectivity index (χ3n) is 7.43. The van der Waals surface area contributed by atoms with E-state index in [9.17, 15) is 18.0 Å². The Morgan fingerprint density at radius 3 is 2.56 bits per heavy atom. The molecular weight excluding hydrogens is 475 g/mol. The van der Waals surface area contributed by atoms with Crippen LogP contribution < -0.4 is 15.4 Å². The van der Waals surface area contributed by atoms with Crippen molar-refractivity contribution in [2.75, 3.05) is 20.2 Å². The number of fused-ring (bicyclic) bond motifs is 1. The molecule has 196 valence electrons. The quantitative estimate of drug-likeness (QED) is 0.571. The van der Waals surface area contributed by atoms with Gasteiger partial charge in [0.1, 0.15) is 11.4 Å². The Hall–Kier alpha value is -2.85. The van der Waals surface area contributed by atoms with Crippen LogP contribution in [0.3, 0.4) is 0 Å². The van der Waals surface area contributed by atoms with Crippen LogP contribution in [0.2, 0.25) is 0 Å². The number of methoxy groups -OCH3 is 1. The number of hydrogen-bond donors (Lipinski definition) is 1. The van der Waals surface area contributed by atoms with Crippen LogP contribution in [0.1, 0.15) is 61.5 Å². The van der Waals surface area contributed by atoms with E-state index in [0.717, 1.165) is 35.8 Å². The van der Waals surface area contributed by atoms with Crippen molar-refractivity contribution >= 4 is 5.97 Å². The molecule has 10 heteroatoms. The fraction of sp³-hybridized carbons (Fsp3) is 0.538. The summed E-state index contributed by atoms with van der Waals surface area (Å²) in [5, 5.41) is 0. The summed E-state index contributed by atoms with van der Waals surface area (Å²) in [7, 11) is 1.39. The van der Waals surface area contributed by atoms with E-state index in [0.29, 0.717) is 32.4 Å². The highest BCUT2D eigenvalue weighted by molar-refractivity contribution is 5.72. The molecule has 0 bridgehead atoms. The average molecular weight is 508 g/mol. The van der Waals surface area contributed by atoms with Gasteiger partial charge >= 0.3 is 12.1 Å². The van der Waals surface area contributed by atoms with Crippen molar-refractivity contribution in [3.8, 4) is 11.6 Å². The van der Waals surface area contributed by atoms with Gasteiger partial charge in [-0.05, 0) is 62.3 Å². The molecule has 4 rings (SSSR count). The predicted molar refractivity (Wildman–Crippen MR) is 126 cm³/mol. The number of carbonyl (C=O) groups is 1. The smallest absolute Gasteiger partial charge is 0.418 e. The third-order valence-corrected chi connectivity index (χ3v) is 7.43. The summed E-state index contributed by atoms with van der Waals surface area (Å²) in [5.74, 6) is 5.13. The summed E-state index contributed by atoms with van der Waals surface area (Å²) in [6, 6.07) is 7.75. The SMILES string of the molecule is COc1ccc(C(F)(F)F)c(C(C)N2CCC3(CCc4ccc(CC(C)C(=O)ON)cc4O3)CC2)n1. The first kappa shape index (κ1) is 26.2. The van der Waals surface area contributed by atoms with Crippen LogP contribution in [-0.2, 0) is 28.7 Å². The number of likely N-dealkylation sites (tertiary alicyclic amines) is 1. The Morgan fingerprint density at radius 1 is 1.19 bits per heavy atom. The van der Waals surface area contributed by atoms with Gasteiger partial charge in [0.25, 0.3) is 0 Å². The molecule has 7 nitrogen and oxygen atoms in total. The highest BCUT2D eigenvalue weighted by Crippen LogP contribution is 2.42. The van der Waals surface area contributed by atoms with Crippen LogP contribution >= 0.6 is 0 Å². The first-order valence-electron chi connectivity index (χ1n) is 12.1. The molecule has 2 unspecified atom stereocenters. The second kappa shape index (κ2) is 10.3. The van der Waals surface area contributed by atoms with Crippen LogP contribution in [0.15, 0.2) is 30.3 Å². The maximum Gasteiger partial charge on any atom is 0.418 e. The largest absolute Gasteiger partial charge is 0.487 e. The van der Waals surface area contributed by atoms with E-state index in [2.05, 4.69) is 9.82 Å². The molecular formula is C26H32F3N3O4. The van der Waals surface area contributed by atoms with Crippen molar-refractivity contribution in [1.82, 2.24) is 9.88 Å². The van der Waals surface area contributed by atoms with Gasteiger partial charge in [-0.15, -0.1) is 0 Å². The molecule has 0 radical (unpaired) electrons. The monoisotopic (exact) mass is 507 g/mol. The summed E-state index contributed by atoms with van der Waals surface area (Å²) in [5.41, 5.74) is 0.947. The van der Waals surface area contributed by atoms with Crippen molar-refractivity contribution in [3.05, 3.63) is 52.7 Å². The predicted octanol–water partition coefficient (Wildman–Crippen LogP) is 4.63. The third kappa shape index (κ3) is 5.44. The van der Waals surface area contributed by atoms with Gasteiger partial charge in [0.2, 0.25) is 5.88 Å². The number of nitrogens with two attached hydrogens (primary N) is 1. The number of carbonyl (C=O) groups excluding carboxylic acids is 1. The van der Waals surface area contributed by atoms with E-state index >= 15 is 0 Å². The van der Waals surface area contributed by atoms with Gasteiger partial charge in [-0.3, -0.25) is 9.69 Å².